The molecule has 1 saturated heterocycles. The van der Waals surface area contributed by atoms with Gasteiger partial charge in [-0.1, -0.05) is 6.07 Å². The number of aryl methyl sites for hydroxylation is 3. The Bertz CT molecular complexity index is 1360. The van der Waals surface area contributed by atoms with Crippen LogP contribution in [0.4, 0.5) is 4.39 Å². The number of nitrogens with one attached hydrogen (secondary N) is 1. The van der Waals surface area contributed by atoms with Crippen molar-refractivity contribution >= 4 is 11.0 Å². The molecule has 0 spiro atoms. The van der Waals surface area contributed by atoms with E-state index < -0.39 is 0 Å². The number of aromatic nitrogens is 4. The molecule has 1 fully saturated rings. The van der Waals surface area contributed by atoms with Crippen LogP contribution in [0.2, 0.25) is 0 Å². The Hall–Kier alpha value is -3.19. The van der Waals surface area contributed by atoms with Gasteiger partial charge in [-0.3, -0.25) is 9.13 Å². The van der Waals surface area contributed by atoms with Gasteiger partial charge in [0.1, 0.15) is 5.82 Å². The van der Waals surface area contributed by atoms with E-state index in [2.05, 4.69) is 22.0 Å². The second-order valence-electron chi connectivity index (χ2n) is 8.43. The van der Waals surface area contributed by atoms with Crippen molar-refractivity contribution < 1.29 is 4.39 Å². The van der Waals surface area contributed by atoms with Crippen molar-refractivity contribution in [2.24, 2.45) is 0 Å². The molecule has 1 aliphatic rings. The number of fused-ring (bicyclic) bond motifs is 1. The van der Waals surface area contributed by atoms with E-state index >= 15 is 0 Å². The summed E-state index contributed by atoms with van der Waals surface area (Å²) in [5.74, 6) is -0.219. The van der Waals surface area contributed by atoms with Gasteiger partial charge in [-0.2, -0.15) is 0 Å². The summed E-state index contributed by atoms with van der Waals surface area (Å²) in [5.41, 5.74) is 6.22. The van der Waals surface area contributed by atoms with Crippen LogP contribution >= 0.6 is 0 Å². The standard InChI is InChI=1S/C25H28FN5O/c1-4-29-21-9-7-18(13-22(21)30(5-2)25(29)32)24-23(17-6-8-20(26)16(3)12-17)28-15-31(24)19-10-11-27-14-19/h6-9,12-13,15,19,27H,4-5,10-11,14H2,1-3H3. The molecule has 4 aromatic rings. The summed E-state index contributed by atoms with van der Waals surface area (Å²) in [5, 5.41) is 3.43. The van der Waals surface area contributed by atoms with E-state index in [4.69, 9.17) is 4.98 Å². The fourth-order valence-corrected chi connectivity index (χ4v) is 4.88. The van der Waals surface area contributed by atoms with Gasteiger partial charge in [0.25, 0.3) is 0 Å². The summed E-state index contributed by atoms with van der Waals surface area (Å²) in [6.07, 6.45) is 2.93. The zero-order valence-electron chi connectivity index (χ0n) is 18.7. The molecular formula is C25H28FN5O. The molecule has 2 aromatic carbocycles. The molecule has 7 heteroatoms. The minimum atomic E-state index is -0.219. The van der Waals surface area contributed by atoms with Crippen molar-refractivity contribution in [3.05, 3.63) is 64.6 Å². The van der Waals surface area contributed by atoms with E-state index in [1.807, 2.05) is 41.4 Å². The van der Waals surface area contributed by atoms with Crippen LogP contribution in [0.25, 0.3) is 33.5 Å². The van der Waals surface area contributed by atoms with Crippen molar-refractivity contribution in [3.8, 4) is 22.5 Å². The van der Waals surface area contributed by atoms with E-state index in [1.54, 1.807) is 13.0 Å². The number of halogens is 1. The second kappa shape index (κ2) is 8.06. The van der Waals surface area contributed by atoms with Crippen molar-refractivity contribution in [2.75, 3.05) is 13.1 Å². The fourth-order valence-electron chi connectivity index (χ4n) is 4.88. The van der Waals surface area contributed by atoms with Crippen LogP contribution in [0.15, 0.2) is 47.5 Å². The van der Waals surface area contributed by atoms with Crippen LogP contribution in [0.1, 0.15) is 31.9 Å². The fraction of sp³-hybridized carbons (Fsp3) is 0.360. The Morgan fingerprint density at radius 2 is 1.81 bits per heavy atom. The van der Waals surface area contributed by atoms with Gasteiger partial charge in [0, 0.05) is 36.8 Å². The average Bonchev–Trinajstić information content (AvgIpc) is 3.52. The quantitative estimate of drug-likeness (QED) is 0.509. The molecule has 0 bridgehead atoms. The highest BCUT2D eigenvalue weighted by atomic mass is 19.1. The lowest BCUT2D eigenvalue weighted by Gasteiger charge is -2.16. The second-order valence-corrected chi connectivity index (χ2v) is 8.43. The van der Waals surface area contributed by atoms with Gasteiger partial charge < -0.3 is 9.88 Å². The first-order valence-electron chi connectivity index (χ1n) is 11.3. The number of hydrogen-bond donors (Lipinski definition) is 1. The maximum Gasteiger partial charge on any atom is 0.329 e. The van der Waals surface area contributed by atoms with Gasteiger partial charge in [0.05, 0.1) is 28.7 Å². The minimum absolute atomic E-state index is 0.0185. The van der Waals surface area contributed by atoms with Crippen LogP contribution in [-0.2, 0) is 13.1 Å². The highest BCUT2D eigenvalue weighted by molar-refractivity contribution is 5.86. The molecule has 0 saturated carbocycles. The average molecular weight is 434 g/mol. The van der Waals surface area contributed by atoms with E-state index in [-0.39, 0.29) is 11.5 Å². The number of nitrogens with zero attached hydrogens (tertiary/aromatic N) is 4. The molecule has 166 valence electrons. The highest BCUT2D eigenvalue weighted by Crippen LogP contribution is 2.36. The van der Waals surface area contributed by atoms with Crippen LogP contribution in [0, 0.1) is 12.7 Å². The summed E-state index contributed by atoms with van der Waals surface area (Å²) >= 11 is 0. The molecule has 1 aliphatic heterocycles. The third kappa shape index (κ3) is 3.19. The SMILES string of the molecule is CCn1c(=O)n(CC)c2cc(-c3c(-c4ccc(F)c(C)c4)ncn3C3CCNC3)ccc21. The Morgan fingerprint density at radius 3 is 2.50 bits per heavy atom. The van der Waals surface area contributed by atoms with E-state index in [0.29, 0.717) is 24.7 Å². The summed E-state index contributed by atoms with van der Waals surface area (Å²) in [7, 11) is 0. The topological polar surface area (TPSA) is 56.8 Å². The molecule has 0 amide bonds. The molecule has 5 rings (SSSR count). The zero-order chi connectivity index (χ0) is 22.4. The van der Waals surface area contributed by atoms with E-state index in [9.17, 15) is 9.18 Å². The van der Waals surface area contributed by atoms with Crippen LogP contribution in [0.3, 0.4) is 0 Å². The Labute approximate surface area is 186 Å². The van der Waals surface area contributed by atoms with Crippen LogP contribution in [0.5, 0.6) is 0 Å². The van der Waals surface area contributed by atoms with Gasteiger partial charge in [-0.25, -0.2) is 14.2 Å². The van der Waals surface area contributed by atoms with Gasteiger partial charge in [-0.15, -0.1) is 0 Å². The first-order chi connectivity index (χ1) is 15.5. The molecular weight excluding hydrogens is 405 g/mol. The Morgan fingerprint density at radius 1 is 1.06 bits per heavy atom. The lowest BCUT2D eigenvalue weighted by atomic mass is 10.0. The third-order valence-corrected chi connectivity index (χ3v) is 6.58. The molecule has 1 N–H and O–H groups in total. The third-order valence-electron chi connectivity index (χ3n) is 6.58. The minimum Gasteiger partial charge on any atom is -0.326 e. The number of benzene rings is 2. The monoisotopic (exact) mass is 433 g/mol. The smallest absolute Gasteiger partial charge is 0.326 e. The summed E-state index contributed by atoms with van der Waals surface area (Å²) < 4.78 is 19.8. The molecule has 1 unspecified atom stereocenters. The normalized spacial score (nSPS) is 16.3. The van der Waals surface area contributed by atoms with Crippen LogP contribution in [-0.4, -0.2) is 31.8 Å². The number of rotatable bonds is 5. The predicted octanol–water partition coefficient (Wildman–Crippen LogP) is 4.36. The van der Waals surface area contributed by atoms with Crippen molar-refractivity contribution in [2.45, 2.75) is 46.3 Å². The van der Waals surface area contributed by atoms with Gasteiger partial charge in [0.15, 0.2) is 0 Å². The lowest BCUT2D eigenvalue weighted by Crippen LogP contribution is -2.23. The van der Waals surface area contributed by atoms with Gasteiger partial charge >= 0.3 is 5.69 Å². The molecule has 6 nitrogen and oxygen atoms in total. The van der Waals surface area contributed by atoms with Crippen LogP contribution < -0.4 is 11.0 Å². The molecule has 2 aromatic heterocycles. The Balaban J connectivity index is 1.76. The van der Waals surface area contributed by atoms with Crippen molar-refractivity contribution in [1.29, 1.82) is 0 Å². The first kappa shape index (κ1) is 20.7. The molecule has 0 radical (unpaired) electrons. The van der Waals surface area contributed by atoms with E-state index in [1.165, 1.54) is 6.07 Å². The van der Waals surface area contributed by atoms with Crippen molar-refractivity contribution in [3.63, 3.8) is 0 Å². The summed E-state index contributed by atoms with van der Waals surface area (Å²) in [6.45, 7) is 8.87. The van der Waals surface area contributed by atoms with Gasteiger partial charge in [0.2, 0.25) is 0 Å². The van der Waals surface area contributed by atoms with Crippen molar-refractivity contribution in [1.82, 2.24) is 24.0 Å². The zero-order valence-corrected chi connectivity index (χ0v) is 18.7. The predicted molar refractivity (Wildman–Crippen MR) is 125 cm³/mol. The number of hydrogen-bond acceptors (Lipinski definition) is 3. The maximum absolute atomic E-state index is 14.0. The largest absolute Gasteiger partial charge is 0.329 e. The molecule has 32 heavy (non-hydrogen) atoms. The van der Waals surface area contributed by atoms with Gasteiger partial charge in [-0.05, 0) is 69.6 Å². The molecule has 0 aliphatic carbocycles. The highest BCUT2D eigenvalue weighted by Gasteiger charge is 2.24. The maximum atomic E-state index is 14.0. The Kier molecular flexibility index (Phi) is 5.21. The van der Waals surface area contributed by atoms with E-state index in [0.717, 1.165) is 53.1 Å². The summed E-state index contributed by atoms with van der Waals surface area (Å²) in [6, 6.07) is 11.7. The first-order valence-corrected chi connectivity index (χ1v) is 11.3. The summed E-state index contributed by atoms with van der Waals surface area (Å²) in [4.78, 5) is 17.6. The molecule has 1 atom stereocenters. The lowest BCUT2D eigenvalue weighted by molar-refractivity contribution is 0.551. The number of imidazole rings is 2. The molecule has 3 heterocycles.